The van der Waals surface area contributed by atoms with Gasteiger partial charge in [0.2, 0.25) is 0 Å². The summed E-state index contributed by atoms with van der Waals surface area (Å²) in [5.41, 5.74) is 0.730. The number of hydrogen-bond acceptors (Lipinski definition) is 3. The van der Waals surface area contributed by atoms with E-state index in [-0.39, 0.29) is 11.4 Å². The molecule has 0 spiro atoms. The number of phenolic OH excluding ortho intramolecular Hbond substituents is 1. The molecule has 0 amide bonds. The Kier molecular flexibility index (Phi) is 6.19. The second-order valence-corrected chi connectivity index (χ2v) is 4.60. The largest absolute Gasteiger partial charge is 0.502 e. The number of rotatable bonds is 8. The summed E-state index contributed by atoms with van der Waals surface area (Å²) < 4.78 is 0. The van der Waals surface area contributed by atoms with Crippen molar-refractivity contribution in [2.75, 3.05) is 0 Å². The van der Waals surface area contributed by atoms with Gasteiger partial charge in [-0.15, -0.1) is 0 Å². The van der Waals surface area contributed by atoms with Gasteiger partial charge in [-0.1, -0.05) is 45.1 Å². The maximum Gasteiger partial charge on any atom is 0.310 e. The Bertz CT molecular complexity index is 391. The Hall–Kier alpha value is -1.58. The predicted octanol–water partition coefficient (Wildman–Crippen LogP) is 4.20. The number of phenols is 1. The monoisotopic (exact) mass is 251 g/mol. The van der Waals surface area contributed by atoms with Crippen LogP contribution in [0.15, 0.2) is 18.2 Å². The average molecular weight is 251 g/mol. The van der Waals surface area contributed by atoms with Crippen molar-refractivity contribution < 1.29 is 10.0 Å². The molecule has 0 aromatic heterocycles. The highest BCUT2D eigenvalue weighted by molar-refractivity contribution is 5.47. The first kappa shape index (κ1) is 14.5. The van der Waals surface area contributed by atoms with E-state index in [2.05, 4.69) is 6.92 Å². The molecule has 0 fully saturated rings. The first-order valence-electron chi connectivity index (χ1n) is 6.61. The molecule has 0 unspecified atom stereocenters. The zero-order valence-electron chi connectivity index (χ0n) is 10.9. The number of hydrogen-bond donors (Lipinski definition) is 1. The minimum Gasteiger partial charge on any atom is -0.502 e. The fourth-order valence-electron chi connectivity index (χ4n) is 1.98. The SMILES string of the molecule is CCCCCCCCc1ccc(O)c([N+](=O)[O-])c1. The Morgan fingerprint density at radius 3 is 2.50 bits per heavy atom. The summed E-state index contributed by atoms with van der Waals surface area (Å²) in [5.74, 6) is -0.258. The van der Waals surface area contributed by atoms with Crippen molar-refractivity contribution in [3.05, 3.63) is 33.9 Å². The molecule has 0 aliphatic heterocycles. The molecule has 4 heteroatoms. The maximum absolute atomic E-state index is 10.7. The topological polar surface area (TPSA) is 63.4 Å². The highest BCUT2D eigenvalue weighted by atomic mass is 16.6. The van der Waals surface area contributed by atoms with E-state index < -0.39 is 4.92 Å². The zero-order chi connectivity index (χ0) is 13.4. The van der Waals surface area contributed by atoms with Crippen molar-refractivity contribution in [2.45, 2.75) is 51.9 Å². The van der Waals surface area contributed by atoms with Gasteiger partial charge >= 0.3 is 5.69 Å². The number of benzene rings is 1. The molecule has 1 aromatic carbocycles. The molecule has 0 aliphatic rings. The minimum atomic E-state index is -0.542. The number of nitrogens with zero attached hydrogens (tertiary/aromatic N) is 1. The summed E-state index contributed by atoms with van der Waals surface area (Å²) in [6.45, 7) is 2.19. The van der Waals surface area contributed by atoms with Gasteiger partial charge < -0.3 is 5.11 Å². The average Bonchev–Trinajstić information content (AvgIpc) is 2.35. The lowest BCUT2D eigenvalue weighted by molar-refractivity contribution is -0.385. The zero-order valence-corrected chi connectivity index (χ0v) is 10.9. The van der Waals surface area contributed by atoms with Gasteiger partial charge in [-0.25, -0.2) is 0 Å². The van der Waals surface area contributed by atoms with E-state index in [4.69, 9.17) is 0 Å². The normalized spacial score (nSPS) is 10.5. The molecular weight excluding hydrogens is 230 g/mol. The number of unbranched alkanes of at least 4 members (excludes halogenated alkanes) is 5. The lowest BCUT2D eigenvalue weighted by Crippen LogP contribution is -1.92. The van der Waals surface area contributed by atoms with Crippen LogP contribution in [0.3, 0.4) is 0 Å². The van der Waals surface area contributed by atoms with Crippen LogP contribution in [0, 0.1) is 10.1 Å². The van der Waals surface area contributed by atoms with E-state index >= 15 is 0 Å². The maximum atomic E-state index is 10.7. The number of nitro benzene ring substituents is 1. The van der Waals surface area contributed by atoms with Crippen molar-refractivity contribution in [1.82, 2.24) is 0 Å². The quantitative estimate of drug-likeness (QED) is 0.428. The Morgan fingerprint density at radius 2 is 1.83 bits per heavy atom. The first-order chi connectivity index (χ1) is 8.65. The van der Waals surface area contributed by atoms with E-state index in [1.165, 1.54) is 37.8 Å². The molecule has 0 saturated heterocycles. The number of aryl methyl sites for hydroxylation is 1. The molecule has 0 heterocycles. The van der Waals surface area contributed by atoms with Crippen molar-refractivity contribution in [2.24, 2.45) is 0 Å². The lowest BCUT2D eigenvalue weighted by Gasteiger charge is -2.03. The summed E-state index contributed by atoms with van der Waals surface area (Å²) in [5, 5.41) is 20.0. The molecule has 1 aromatic rings. The van der Waals surface area contributed by atoms with E-state index in [9.17, 15) is 15.2 Å². The van der Waals surface area contributed by atoms with Crippen LogP contribution in [0.5, 0.6) is 5.75 Å². The van der Waals surface area contributed by atoms with Crippen LogP contribution in [0.4, 0.5) is 5.69 Å². The van der Waals surface area contributed by atoms with Crippen molar-refractivity contribution in [3.8, 4) is 5.75 Å². The van der Waals surface area contributed by atoms with Gasteiger partial charge in [-0.2, -0.15) is 0 Å². The van der Waals surface area contributed by atoms with Crippen LogP contribution < -0.4 is 0 Å². The molecule has 1 N–H and O–H groups in total. The third-order valence-electron chi connectivity index (χ3n) is 3.06. The van der Waals surface area contributed by atoms with Gasteiger partial charge in [0.25, 0.3) is 0 Å². The number of aromatic hydroxyl groups is 1. The third kappa shape index (κ3) is 4.73. The second kappa shape index (κ2) is 7.69. The van der Waals surface area contributed by atoms with E-state index in [1.54, 1.807) is 6.07 Å². The standard InChI is InChI=1S/C14H21NO3/c1-2-3-4-5-6-7-8-12-9-10-14(16)13(11-12)15(17)18/h9-11,16H,2-8H2,1H3. The van der Waals surface area contributed by atoms with Crippen LogP contribution in [0.25, 0.3) is 0 Å². The van der Waals surface area contributed by atoms with Crippen molar-refractivity contribution >= 4 is 5.69 Å². The summed E-state index contributed by atoms with van der Waals surface area (Å²) >= 11 is 0. The molecule has 1 rings (SSSR count). The van der Waals surface area contributed by atoms with Gasteiger partial charge in [-0.3, -0.25) is 10.1 Å². The van der Waals surface area contributed by atoms with Gasteiger partial charge in [0.1, 0.15) is 0 Å². The molecule has 100 valence electrons. The van der Waals surface area contributed by atoms with Gasteiger partial charge in [-0.05, 0) is 24.5 Å². The fourth-order valence-corrected chi connectivity index (χ4v) is 1.98. The molecule has 0 saturated carbocycles. The number of nitro groups is 1. The van der Waals surface area contributed by atoms with Crippen LogP contribution in [-0.4, -0.2) is 10.0 Å². The molecule has 0 atom stereocenters. The Morgan fingerprint density at radius 1 is 1.17 bits per heavy atom. The molecular formula is C14H21NO3. The van der Waals surface area contributed by atoms with Crippen molar-refractivity contribution in [3.63, 3.8) is 0 Å². The van der Waals surface area contributed by atoms with Crippen LogP contribution in [-0.2, 0) is 6.42 Å². The van der Waals surface area contributed by atoms with E-state index in [1.807, 2.05) is 0 Å². The predicted molar refractivity (Wildman–Crippen MR) is 71.8 cm³/mol. The third-order valence-corrected chi connectivity index (χ3v) is 3.06. The fraction of sp³-hybridized carbons (Fsp3) is 0.571. The molecule has 0 bridgehead atoms. The molecule has 0 aliphatic carbocycles. The van der Waals surface area contributed by atoms with E-state index in [0.29, 0.717) is 0 Å². The van der Waals surface area contributed by atoms with Crippen LogP contribution in [0.1, 0.15) is 51.0 Å². The second-order valence-electron chi connectivity index (χ2n) is 4.60. The van der Waals surface area contributed by atoms with Crippen LogP contribution in [0.2, 0.25) is 0 Å². The summed E-state index contributed by atoms with van der Waals surface area (Å²) in [7, 11) is 0. The Labute approximate surface area is 108 Å². The summed E-state index contributed by atoms with van der Waals surface area (Å²) in [6.07, 6.45) is 8.07. The Balaban J connectivity index is 2.38. The van der Waals surface area contributed by atoms with Gasteiger partial charge in [0.15, 0.2) is 5.75 Å². The van der Waals surface area contributed by atoms with E-state index in [0.717, 1.165) is 24.8 Å². The molecule has 4 nitrogen and oxygen atoms in total. The van der Waals surface area contributed by atoms with Gasteiger partial charge in [0.05, 0.1) is 4.92 Å². The van der Waals surface area contributed by atoms with Gasteiger partial charge in [0, 0.05) is 6.07 Å². The summed E-state index contributed by atoms with van der Waals surface area (Å²) in [4.78, 5) is 10.1. The first-order valence-corrected chi connectivity index (χ1v) is 6.61. The van der Waals surface area contributed by atoms with Crippen LogP contribution >= 0.6 is 0 Å². The molecule has 18 heavy (non-hydrogen) atoms. The van der Waals surface area contributed by atoms with Crippen molar-refractivity contribution in [1.29, 1.82) is 0 Å². The molecule has 0 radical (unpaired) electrons. The highest BCUT2D eigenvalue weighted by Crippen LogP contribution is 2.26. The minimum absolute atomic E-state index is 0.196. The lowest BCUT2D eigenvalue weighted by atomic mass is 10.0. The highest BCUT2D eigenvalue weighted by Gasteiger charge is 2.13. The summed E-state index contributed by atoms with van der Waals surface area (Å²) in [6, 6.07) is 4.64. The smallest absolute Gasteiger partial charge is 0.310 e.